The molecular weight excluding hydrogens is 306 g/mol. The molecule has 23 heavy (non-hydrogen) atoms. The van der Waals surface area contributed by atoms with E-state index in [1.165, 1.54) is 12.1 Å². The molecular formula is C16H22F2N2O3. The Hall–Kier alpha value is -1.73. The van der Waals surface area contributed by atoms with Gasteiger partial charge in [-0.05, 0) is 37.4 Å². The Balaban J connectivity index is 1.99. The second-order valence-corrected chi connectivity index (χ2v) is 5.76. The van der Waals surface area contributed by atoms with E-state index in [1.54, 1.807) is 12.1 Å². The number of benzene rings is 1. The van der Waals surface area contributed by atoms with Crippen molar-refractivity contribution >= 4 is 11.6 Å². The molecule has 1 aliphatic rings. The summed E-state index contributed by atoms with van der Waals surface area (Å²) in [5.41, 5.74) is 0.211. The zero-order chi connectivity index (χ0) is 16.8. The fraction of sp³-hybridized carbons (Fsp3) is 0.562. The first-order valence-electron chi connectivity index (χ1n) is 7.70. The van der Waals surface area contributed by atoms with E-state index in [4.69, 9.17) is 0 Å². The summed E-state index contributed by atoms with van der Waals surface area (Å²) in [4.78, 5) is 14.1. The van der Waals surface area contributed by atoms with Gasteiger partial charge in [0.1, 0.15) is 5.75 Å². The van der Waals surface area contributed by atoms with E-state index in [1.807, 2.05) is 4.90 Å². The van der Waals surface area contributed by atoms with Gasteiger partial charge < -0.3 is 15.2 Å². The van der Waals surface area contributed by atoms with Gasteiger partial charge in [-0.15, -0.1) is 0 Å². The van der Waals surface area contributed by atoms with Crippen LogP contribution in [-0.4, -0.2) is 48.3 Å². The van der Waals surface area contributed by atoms with Crippen LogP contribution in [0.3, 0.4) is 0 Å². The summed E-state index contributed by atoms with van der Waals surface area (Å²) >= 11 is 0. The molecule has 1 fully saturated rings. The fourth-order valence-corrected chi connectivity index (χ4v) is 2.97. The molecule has 1 amide bonds. The Labute approximate surface area is 134 Å². The smallest absolute Gasteiger partial charge is 0.387 e. The summed E-state index contributed by atoms with van der Waals surface area (Å²) in [5.74, 6) is -0.0690. The average molecular weight is 328 g/mol. The lowest BCUT2D eigenvalue weighted by Gasteiger charge is -2.38. The summed E-state index contributed by atoms with van der Waals surface area (Å²) in [6, 6.07) is 6.02. The zero-order valence-electron chi connectivity index (χ0n) is 13.0. The van der Waals surface area contributed by atoms with Crippen molar-refractivity contribution in [1.29, 1.82) is 0 Å². The number of carbonyl (C=O) groups excluding carboxylic acids is 1. The number of para-hydroxylation sites is 2. The van der Waals surface area contributed by atoms with E-state index in [2.05, 4.69) is 17.0 Å². The lowest BCUT2D eigenvalue weighted by molar-refractivity contribution is -0.119. The van der Waals surface area contributed by atoms with E-state index < -0.39 is 6.61 Å². The molecule has 1 aliphatic heterocycles. The number of alkyl halides is 2. The van der Waals surface area contributed by atoms with Crippen molar-refractivity contribution in [2.24, 2.45) is 5.92 Å². The molecule has 5 nitrogen and oxygen atoms in total. The maximum atomic E-state index is 12.4. The molecule has 0 bridgehead atoms. The highest BCUT2D eigenvalue weighted by Gasteiger charge is 2.29. The standard InChI is InChI=1S/C16H22F2N2O3/c1-11-5-4-8-20(13(11)10-21)9-15(22)19-12-6-2-3-7-14(12)23-16(17)18/h2-3,6-7,11,13,16,21H,4-5,8-10H2,1H3,(H,19,22). The molecule has 128 valence electrons. The van der Waals surface area contributed by atoms with E-state index in [0.29, 0.717) is 5.92 Å². The Morgan fingerprint density at radius 2 is 2.22 bits per heavy atom. The average Bonchev–Trinajstić information content (AvgIpc) is 2.49. The predicted molar refractivity (Wildman–Crippen MR) is 82.5 cm³/mol. The van der Waals surface area contributed by atoms with Crippen LogP contribution in [0.2, 0.25) is 0 Å². The number of carbonyl (C=O) groups is 1. The first-order chi connectivity index (χ1) is 11.0. The molecule has 0 saturated carbocycles. The fourth-order valence-electron chi connectivity index (χ4n) is 2.97. The van der Waals surface area contributed by atoms with E-state index in [-0.39, 0.29) is 36.5 Å². The van der Waals surface area contributed by atoms with Crippen LogP contribution in [0, 0.1) is 5.92 Å². The van der Waals surface area contributed by atoms with Crippen LogP contribution in [0.5, 0.6) is 5.75 Å². The SMILES string of the molecule is CC1CCCN(CC(=O)Nc2ccccc2OC(F)F)C1CO. The van der Waals surface area contributed by atoms with Crippen LogP contribution < -0.4 is 10.1 Å². The summed E-state index contributed by atoms with van der Waals surface area (Å²) in [7, 11) is 0. The number of hydrogen-bond acceptors (Lipinski definition) is 4. The number of halogens is 2. The summed E-state index contributed by atoms with van der Waals surface area (Å²) < 4.78 is 29.2. The first-order valence-corrected chi connectivity index (χ1v) is 7.70. The first kappa shape index (κ1) is 17.6. The van der Waals surface area contributed by atoms with Gasteiger partial charge in [0, 0.05) is 6.04 Å². The molecule has 2 atom stereocenters. The topological polar surface area (TPSA) is 61.8 Å². The van der Waals surface area contributed by atoms with E-state index in [0.717, 1.165) is 19.4 Å². The van der Waals surface area contributed by atoms with Crippen molar-refractivity contribution in [1.82, 2.24) is 4.90 Å². The number of rotatable bonds is 6. The van der Waals surface area contributed by atoms with Gasteiger partial charge in [0.05, 0.1) is 18.8 Å². The zero-order valence-corrected chi connectivity index (χ0v) is 13.0. The molecule has 0 radical (unpaired) electrons. The highest BCUT2D eigenvalue weighted by Crippen LogP contribution is 2.26. The normalized spacial score (nSPS) is 22.1. The number of likely N-dealkylation sites (tertiary alicyclic amines) is 1. The largest absolute Gasteiger partial charge is 0.433 e. The third-order valence-corrected chi connectivity index (χ3v) is 4.14. The van der Waals surface area contributed by atoms with Crippen LogP contribution in [0.1, 0.15) is 19.8 Å². The molecule has 1 heterocycles. The maximum absolute atomic E-state index is 12.4. The van der Waals surface area contributed by atoms with Crippen LogP contribution >= 0.6 is 0 Å². The molecule has 1 saturated heterocycles. The van der Waals surface area contributed by atoms with E-state index in [9.17, 15) is 18.7 Å². The molecule has 0 spiro atoms. The van der Waals surface area contributed by atoms with Crippen molar-refractivity contribution in [2.45, 2.75) is 32.4 Å². The van der Waals surface area contributed by atoms with Crippen LogP contribution in [0.15, 0.2) is 24.3 Å². The van der Waals surface area contributed by atoms with Crippen molar-refractivity contribution in [3.63, 3.8) is 0 Å². The Morgan fingerprint density at radius 1 is 1.48 bits per heavy atom. The summed E-state index contributed by atoms with van der Waals surface area (Å²) in [6.45, 7) is -0.0535. The number of piperidine rings is 1. The third kappa shape index (κ3) is 4.87. The lowest BCUT2D eigenvalue weighted by atomic mass is 9.91. The minimum absolute atomic E-state index is 0.000469. The molecule has 1 aromatic carbocycles. The van der Waals surface area contributed by atoms with Gasteiger partial charge in [0.2, 0.25) is 5.91 Å². The van der Waals surface area contributed by atoms with Gasteiger partial charge in [-0.1, -0.05) is 19.1 Å². The number of nitrogens with zero attached hydrogens (tertiary/aromatic N) is 1. The number of aliphatic hydroxyl groups excluding tert-OH is 1. The predicted octanol–water partition coefficient (Wildman–Crippen LogP) is 2.32. The van der Waals surface area contributed by atoms with Crippen LogP contribution in [-0.2, 0) is 4.79 Å². The van der Waals surface area contributed by atoms with Crippen LogP contribution in [0.25, 0.3) is 0 Å². The quantitative estimate of drug-likeness (QED) is 0.841. The van der Waals surface area contributed by atoms with Gasteiger partial charge in [-0.2, -0.15) is 8.78 Å². The summed E-state index contributed by atoms with van der Waals surface area (Å²) in [5, 5.41) is 12.1. The lowest BCUT2D eigenvalue weighted by Crippen LogP contribution is -2.49. The van der Waals surface area contributed by atoms with Crippen molar-refractivity contribution in [2.75, 3.05) is 25.0 Å². The van der Waals surface area contributed by atoms with Gasteiger partial charge in [0.15, 0.2) is 0 Å². The number of hydrogen-bond donors (Lipinski definition) is 2. The second-order valence-electron chi connectivity index (χ2n) is 5.76. The summed E-state index contributed by atoms with van der Waals surface area (Å²) in [6.07, 6.45) is 1.99. The molecule has 7 heteroatoms. The molecule has 0 aliphatic carbocycles. The number of nitrogens with one attached hydrogen (secondary N) is 1. The number of anilines is 1. The Kier molecular flexibility index (Phi) is 6.29. The van der Waals surface area contributed by atoms with Gasteiger partial charge in [-0.25, -0.2) is 0 Å². The highest BCUT2D eigenvalue weighted by molar-refractivity contribution is 5.93. The molecule has 0 aromatic heterocycles. The highest BCUT2D eigenvalue weighted by atomic mass is 19.3. The molecule has 1 aromatic rings. The minimum atomic E-state index is -2.95. The number of amides is 1. The number of aliphatic hydroxyl groups is 1. The van der Waals surface area contributed by atoms with Gasteiger partial charge >= 0.3 is 6.61 Å². The van der Waals surface area contributed by atoms with Crippen molar-refractivity contribution in [3.05, 3.63) is 24.3 Å². The molecule has 2 rings (SSSR count). The second kappa shape index (κ2) is 8.21. The van der Waals surface area contributed by atoms with Gasteiger partial charge in [0.25, 0.3) is 0 Å². The van der Waals surface area contributed by atoms with E-state index >= 15 is 0 Å². The van der Waals surface area contributed by atoms with Crippen molar-refractivity contribution < 1.29 is 23.4 Å². The van der Waals surface area contributed by atoms with Crippen LogP contribution in [0.4, 0.5) is 14.5 Å². The Bertz CT molecular complexity index is 528. The third-order valence-electron chi connectivity index (χ3n) is 4.14. The monoisotopic (exact) mass is 328 g/mol. The van der Waals surface area contributed by atoms with Gasteiger partial charge in [-0.3, -0.25) is 9.69 Å². The van der Waals surface area contributed by atoms with Crippen molar-refractivity contribution in [3.8, 4) is 5.75 Å². The minimum Gasteiger partial charge on any atom is -0.433 e. The molecule has 2 unspecified atom stereocenters. The number of ether oxygens (including phenoxy) is 1. The molecule has 2 N–H and O–H groups in total. The maximum Gasteiger partial charge on any atom is 0.387 e. The Morgan fingerprint density at radius 3 is 2.91 bits per heavy atom.